The lowest BCUT2D eigenvalue weighted by atomic mass is 10.2. The van der Waals surface area contributed by atoms with Crippen molar-refractivity contribution in [1.82, 2.24) is 9.55 Å². The summed E-state index contributed by atoms with van der Waals surface area (Å²) in [5.41, 5.74) is 4.06. The van der Waals surface area contributed by atoms with Gasteiger partial charge in [-0.05, 0) is 49.0 Å². The highest BCUT2D eigenvalue weighted by atomic mass is 35.5. The highest BCUT2D eigenvalue weighted by Crippen LogP contribution is 2.27. The number of nitrogens with one attached hydrogen (secondary N) is 1. The minimum Gasteiger partial charge on any atom is -0.329 e. The number of rotatable bonds is 1. The van der Waals surface area contributed by atoms with Gasteiger partial charge >= 0.3 is 0 Å². The van der Waals surface area contributed by atoms with E-state index in [4.69, 9.17) is 29.1 Å². The van der Waals surface area contributed by atoms with E-state index in [0.29, 0.717) is 15.4 Å². The molecule has 3 aromatic rings. The topological polar surface area (TPSA) is 44.5 Å². The number of hydrogen-bond acceptors (Lipinski definition) is 2. The third-order valence-electron chi connectivity index (χ3n) is 3.18. The summed E-state index contributed by atoms with van der Waals surface area (Å²) >= 11 is 11.7. The Hall–Kier alpha value is -2.09. The summed E-state index contributed by atoms with van der Waals surface area (Å²) in [6.07, 6.45) is 0. The Morgan fingerprint density at radius 2 is 2.10 bits per heavy atom. The van der Waals surface area contributed by atoms with E-state index in [1.54, 1.807) is 6.07 Å². The summed E-state index contributed by atoms with van der Waals surface area (Å²) in [7, 11) is 0. The van der Waals surface area contributed by atoms with Crippen LogP contribution in [0.1, 0.15) is 11.1 Å². The molecule has 0 fully saturated rings. The summed E-state index contributed by atoms with van der Waals surface area (Å²) in [6, 6.07) is 13.5. The van der Waals surface area contributed by atoms with Gasteiger partial charge < -0.3 is 4.98 Å². The Kier molecular flexibility index (Phi) is 3.09. The molecule has 0 amide bonds. The van der Waals surface area contributed by atoms with Crippen molar-refractivity contribution in [1.29, 1.82) is 5.26 Å². The number of hydrogen-bond donors (Lipinski definition) is 1. The molecule has 2 aromatic carbocycles. The molecule has 0 aliphatic carbocycles. The molecular weight excluding hydrogens is 290 g/mol. The number of aromatic amines is 1. The number of nitrogens with zero attached hydrogens (tertiary/aromatic N) is 2. The van der Waals surface area contributed by atoms with Crippen LogP contribution in [0.4, 0.5) is 0 Å². The summed E-state index contributed by atoms with van der Waals surface area (Å²) in [4.78, 5) is 3.09. The normalized spacial score (nSPS) is 10.7. The van der Waals surface area contributed by atoms with E-state index in [1.807, 2.05) is 41.8 Å². The minimum atomic E-state index is 0.523. The number of para-hydroxylation sites is 1. The standard InChI is InChI=1S/C15H10ClN3S/c1-9-5-6-11(16)13(7-9)19-12-4-2-3-10(8-17)14(12)18-15(19)20/h2-7H,1H3,(H,18,20). The number of nitriles is 1. The van der Waals surface area contributed by atoms with Crippen molar-refractivity contribution in [2.75, 3.05) is 0 Å². The van der Waals surface area contributed by atoms with Crippen LogP contribution in [0.2, 0.25) is 5.02 Å². The minimum absolute atomic E-state index is 0.523. The van der Waals surface area contributed by atoms with Crippen molar-refractivity contribution < 1.29 is 0 Å². The van der Waals surface area contributed by atoms with Gasteiger partial charge in [-0.25, -0.2) is 0 Å². The first kappa shape index (κ1) is 12.9. The van der Waals surface area contributed by atoms with Gasteiger partial charge in [-0.15, -0.1) is 0 Å². The molecule has 0 aliphatic heterocycles. The molecule has 0 saturated heterocycles. The van der Waals surface area contributed by atoms with E-state index in [-0.39, 0.29) is 0 Å². The number of aryl methyl sites for hydroxylation is 1. The first-order chi connectivity index (χ1) is 9.61. The maximum Gasteiger partial charge on any atom is 0.182 e. The van der Waals surface area contributed by atoms with E-state index in [1.165, 1.54) is 0 Å². The van der Waals surface area contributed by atoms with Crippen LogP contribution in [-0.4, -0.2) is 9.55 Å². The van der Waals surface area contributed by atoms with Crippen LogP contribution in [-0.2, 0) is 0 Å². The molecule has 0 atom stereocenters. The molecule has 0 saturated carbocycles. The van der Waals surface area contributed by atoms with Gasteiger partial charge in [-0.1, -0.05) is 23.7 Å². The SMILES string of the molecule is Cc1ccc(Cl)c(-n2c(=S)[nH]c3c(C#N)cccc32)c1. The third kappa shape index (κ3) is 1.92. The van der Waals surface area contributed by atoms with Crippen molar-refractivity contribution in [2.45, 2.75) is 6.92 Å². The van der Waals surface area contributed by atoms with E-state index in [9.17, 15) is 0 Å². The number of benzene rings is 2. The lowest BCUT2D eigenvalue weighted by Gasteiger charge is -2.08. The molecule has 5 heteroatoms. The number of imidazole rings is 1. The molecule has 0 bridgehead atoms. The molecular formula is C15H10ClN3S. The molecule has 0 spiro atoms. The zero-order chi connectivity index (χ0) is 14.3. The van der Waals surface area contributed by atoms with Gasteiger partial charge in [0, 0.05) is 0 Å². The molecule has 1 heterocycles. The lowest BCUT2D eigenvalue weighted by Crippen LogP contribution is -1.95. The molecule has 0 unspecified atom stereocenters. The van der Waals surface area contributed by atoms with E-state index < -0.39 is 0 Å². The average Bonchev–Trinajstić information content (AvgIpc) is 2.77. The van der Waals surface area contributed by atoms with Gasteiger partial charge in [-0.3, -0.25) is 4.57 Å². The van der Waals surface area contributed by atoms with Crippen molar-refractivity contribution in [3.63, 3.8) is 0 Å². The first-order valence-electron chi connectivity index (χ1n) is 6.02. The Balaban J connectivity index is 2.44. The molecule has 0 aliphatic rings. The monoisotopic (exact) mass is 299 g/mol. The fraction of sp³-hybridized carbons (Fsp3) is 0.0667. The summed E-state index contributed by atoms with van der Waals surface area (Å²) < 4.78 is 2.39. The maximum absolute atomic E-state index is 9.17. The van der Waals surface area contributed by atoms with Crippen LogP contribution in [0.15, 0.2) is 36.4 Å². The zero-order valence-corrected chi connectivity index (χ0v) is 12.2. The van der Waals surface area contributed by atoms with Gasteiger partial charge in [0.05, 0.1) is 27.3 Å². The number of fused-ring (bicyclic) bond motifs is 1. The summed E-state index contributed by atoms with van der Waals surface area (Å²) in [5.74, 6) is 0. The number of halogens is 1. The van der Waals surface area contributed by atoms with Gasteiger partial charge in [-0.2, -0.15) is 5.26 Å². The van der Waals surface area contributed by atoms with E-state index >= 15 is 0 Å². The van der Waals surface area contributed by atoms with Crippen LogP contribution in [0, 0.1) is 23.0 Å². The molecule has 1 N–H and O–H groups in total. The fourth-order valence-electron chi connectivity index (χ4n) is 2.26. The average molecular weight is 300 g/mol. The predicted molar refractivity (Wildman–Crippen MR) is 82.9 cm³/mol. The van der Waals surface area contributed by atoms with Gasteiger partial charge in [0.25, 0.3) is 0 Å². The molecule has 1 aromatic heterocycles. The third-order valence-corrected chi connectivity index (χ3v) is 3.79. The van der Waals surface area contributed by atoms with E-state index in [2.05, 4.69) is 11.1 Å². The van der Waals surface area contributed by atoms with Crippen LogP contribution in [0.25, 0.3) is 16.7 Å². The van der Waals surface area contributed by atoms with Crippen molar-refractivity contribution >= 4 is 34.9 Å². The lowest BCUT2D eigenvalue weighted by molar-refractivity contribution is 1.06. The van der Waals surface area contributed by atoms with Crippen molar-refractivity contribution in [3.8, 4) is 11.8 Å². The molecule has 98 valence electrons. The number of H-pyrrole nitrogens is 1. The van der Waals surface area contributed by atoms with Crippen molar-refractivity contribution in [2.24, 2.45) is 0 Å². The highest BCUT2D eigenvalue weighted by Gasteiger charge is 2.12. The second-order valence-electron chi connectivity index (χ2n) is 4.53. The quantitative estimate of drug-likeness (QED) is 0.671. The first-order valence-corrected chi connectivity index (χ1v) is 6.81. The zero-order valence-electron chi connectivity index (χ0n) is 10.6. The highest BCUT2D eigenvalue weighted by molar-refractivity contribution is 7.71. The Bertz CT molecular complexity index is 915. The molecule has 3 rings (SSSR count). The smallest absolute Gasteiger partial charge is 0.182 e. The second-order valence-corrected chi connectivity index (χ2v) is 5.33. The van der Waals surface area contributed by atoms with Gasteiger partial charge in [0.15, 0.2) is 4.77 Å². The van der Waals surface area contributed by atoms with Gasteiger partial charge in [0.1, 0.15) is 6.07 Å². The Morgan fingerprint density at radius 3 is 2.85 bits per heavy atom. The molecule has 20 heavy (non-hydrogen) atoms. The van der Waals surface area contributed by atoms with E-state index in [0.717, 1.165) is 22.3 Å². The van der Waals surface area contributed by atoms with Crippen LogP contribution < -0.4 is 0 Å². The Morgan fingerprint density at radius 1 is 1.30 bits per heavy atom. The molecule has 3 nitrogen and oxygen atoms in total. The van der Waals surface area contributed by atoms with Crippen molar-refractivity contribution in [3.05, 3.63) is 57.3 Å². The van der Waals surface area contributed by atoms with Crippen LogP contribution >= 0.6 is 23.8 Å². The number of aromatic nitrogens is 2. The summed E-state index contributed by atoms with van der Waals surface area (Å²) in [6.45, 7) is 2.00. The largest absolute Gasteiger partial charge is 0.329 e. The van der Waals surface area contributed by atoms with Gasteiger partial charge in [0.2, 0.25) is 0 Å². The van der Waals surface area contributed by atoms with Crippen LogP contribution in [0.3, 0.4) is 0 Å². The maximum atomic E-state index is 9.17. The molecule has 0 radical (unpaired) electrons. The summed E-state index contributed by atoms with van der Waals surface area (Å²) in [5, 5.41) is 9.79. The predicted octanol–water partition coefficient (Wildman–Crippen LogP) is 4.52. The Labute approximate surface area is 126 Å². The fourth-order valence-corrected chi connectivity index (χ4v) is 2.76. The second kappa shape index (κ2) is 4.78. The van der Waals surface area contributed by atoms with Crippen LogP contribution in [0.5, 0.6) is 0 Å².